The van der Waals surface area contributed by atoms with E-state index in [1.807, 2.05) is 37.3 Å². The molecule has 1 aliphatic rings. The molecule has 2 aromatic carbocycles. The topological polar surface area (TPSA) is 119 Å². The van der Waals surface area contributed by atoms with E-state index in [0.717, 1.165) is 10.0 Å². The van der Waals surface area contributed by atoms with Crippen LogP contribution in [0, 0.1) is 0 Å². The van der Waals surface area contributed by atoms with Gasteiger partial charge in [-0.2, -0.15) is 0 Å². The van der Waals surface area contributed by atoms with E-state index in [1.54, 1.807) is 44.2 Å². The Labute approximate surface area is 265 Å². The lowest BCUT2D eigenvalue weighted by atomic mass is 9.95. The zero-order chi connectivity index (χ0) is 31.4. The number of hydrogen-bond acceptors (Lipinski definition) is 10. The monoisotopic (exact) mass is 680 g/mol. The van der Waals surface area contributed by atoms with Gasteiger partial charge in [0.15, 0.2) is 22.9 Å². The van der Waals surface area contributed by atoms with Gasteiger partial charge in [0.2, 0.25) is 0 Å². The van der Waals surface area contributed by atoms with E-state index >= 15 is 0 Å². The van der Waals surface area contributed by atoms with Crippen LogP contribution in [0.3, 0.4) is 0 Å². The third-order valence-corrected chi connectivity index (χ3v) is 8.16. The van der Waals surface area contributed by atoms with Gasteiger partial charge in [0.05, 0.1) is 42.2 Å². The number of rotatable bonds is 10. The summed E-state index contributed by atoms with van der Waals surface area (Å²) in [5.74, 6) is 0.666. The largest absolute Gasteiger partial charge is 0.490 e. The fraction of sp³-hybridized carbons (Fsp3) is 0.250. The number of benzene rings is 2. The Morgan fingerprint density at radius 3 is 2.61 bits per heavy atom. The van der Waals surface area contributed by atoms with Crippen molar-refractivity contribution in [3.63, 3.8) is 0 Å². The van der Waals surface area contributed by atoms with Crippen molar-refractivity contribution in [1.82, 2.24) is 4.57 Å². The van der Waals surface area contributed by atoms with Gasteiger partial charge in [-0.15, -0.1) is 0 Å². The maximum absolute atomic E-state index is 14.0. The number of allylic oxidation sites excluding steroid dienone is 1. The van der Waals surface area contributed by atoms with Crippen LogP contribution in [-0.4, -0.2) is 43.4 Å². The lowest BCUT2D eigenvalue weighted by molar-refractivity contribution is -0.143. The molecule has 0 saturated carbocycles. The number of methoxy groups -OCH3 is 1. The van der Waals surface area contributed by atoms with E-state index < -0.39 is 18.0 Å². The van der Waals surface area contributed by atoms with E-state index in [4.69, 9.17) is 18.6 Å². The molecule has 0 bridgehead atoms. The molecule has 4 aromatic rings. The van der Waals surface area contributed by atoms with Gasteiger partial charge in [-0.3, -0.25) is 9.36 Å². The minimum atomic E-state index is -0.866. The predicted octanol–water partition coefficient (Wildman–Crippen LogP) is 4.77. The highest BCUT2D eigenvalue weighted by atomic mass is 79.9. The number of esters is 2. The minimum absolute atomic E-state index is 0.149. The maximum Gasteiger partial charge on any atom is 0.343 e. The first-order chi connectivity index (χ1) is 21.2. The standard InChI is InChI=1S/C32H29BrN2O8S/c1-5-40-25-15-20(10-12-24(25)42-17-27(36)39-4)29-28(31(38)41-6-2)18(3)34-32-35(29)30(37)26(44-32)16-22-11-13-23(43-22)19-8-7-9-21(33)14-19/h7-16,29H,5-6,17H2,1-4H3/b26-16+/t29-/m1/s1. The highest BCUT2D eigenvalue weighted by Gasteiger charge is 2.34. The van der Waals surface area contributed by atoms with Crippen LogP contribution in [0.1, 0.15) is 38.1 Å². The van der Waals surface area contributed by atoms with Gasteiger partial charge >= 0.3 is 11.9 Å². The van der Waals surface area contributed by atoms with Crippen molar-refractivity contribution in [1.29, 1.82) is 0 Å². The summed E-state index contributed by atoms with van der Waals surface area (Å²) in [5, 5.41) is 0. The lowest BCUT2D eigenvalue weighted by Crippen LogP contribution is -2.40. The second-order valence-electron chi connectivity index (χ2n) is 9.52. The number of fused-ring (bicyclic) bond motifs is 1. The fourth-order valence-corrected chi connectivity index (χ4v) is 6.17. The maximum atomic E-state index is 14.0. The smallest absolute Gasteiger partial charge is 0.343 e. The molecular weight excluding hydrogens is 652 g/mol. The van der Waals surface area contributed by atoms with Crippen molar-refractivity contribution < 1.29 is 33.0 Å². The Balaban J connectivity index is 1.62. The molecule has 2 aromatic heterocycles. The Hall–Kier alpha value is -4.42. The van der Waals surface area contributed by atoms with Gasteiger partial charge in [0.1, 0.15) is 11.5 Å². The zero-order valence-electron chi connectivity index (χ0n) is 24.4. The average molecular weight is 682 g/mol. The molecule has 0 radical (unpaired) electrons. The molecule has 1 aliphatic heterocycles. The molecule has 0 saturated heterocycles. The number of carbonyl (C=O) groups is 2. The summed E-state index contributed by atoms with van der Waals surface area (Å²) in [4.78, 5) is 44.0. The first kappa shape index (κ1) is 31.0. The normalized spacial score (nSPS) is 14.6. The molecule has 10 nitrogen and oxygen atoms in total. The van der Waals surface area contributed by atoms with Crippen LogP contribution < -0.4 is 24.4 Å². The highest BCUT2D eigenvalue weighted by Crippen LogP contribution is 2.36. The summed E-state index contributed by atoms with van der Waals surface area (Å²) in [5.41, 5.74) is 1.77. The molecule has 0 aliphatic carbocycles. The van der Waals surface area contributed by atoms with Gasteiger partial charge in [0, 0.05) is 16.1 Å². The van der Waals surface area contributed by atoms with E-state index in [0.29, 0.717) is 50.2 Å². The van der Waals surface area contributed by atoms with Crippen molar-refractivity contribution in [3.8, 4) is 22.8 Å². The number of nitrogens with zero attached hydrogens (tertiary/aromatic N) is 2. The number of aromatic nitrogens is 1. The number of halogens is 1. The highest BCUT2D eigenvalue weighted by molar-refractivity contribution is 9.10. The Bertz CT molecular complexity index is 1940. The van der Waals surface area contributed by atoms with Crippen LogP contribution in [0.25, 0.3) is 17.4 Å². The molecular formula is C32H29BrN2O8S. The van der Waals surface area contributed by atoms with E-state index in [-0.39, 0.29) is 24.3 Å². The van der Waals surface area contributed by atoms with Crippen LogP contribution in [-0.2, 0) is 19.1 Å². The number of thiazole rings is 1. The van der Waals surface area contributed by atoms with Crippen LogP contribution in [0.2, 0.25) is 0 Å². The van der Waals surface area contributed by atoms with E-state index in [2.05, 4.69) is 25.7 Å². The van der Waals surface area contributed by atoms with E-state index in [1.165, 1.54) is 23.0 Å². The molecule has 5 rings (SSSR count). The first-order valence-corrected chi connectivity index (χ1v) is 15.4. The zero-order valence-corrected chi connectivity index (χ0v) is 26.8. The Morgan fingerprint density at radius 2 is 1.89 bits per heavy atom. The van der Waals surface area contributed by atoms with Crippen LogP contribution in [0.4, 0.5) is 0 Å². The summed E-state index contributed by atoms with van der Waals surface area (Å²) in [7, 11) is 1.27. The summed E-state index contributed by atoms with van der Waals surface area (Å²) < 4.78 is 30.3. The molecule has 0 fully saturated rings. The predicted molar refractivity (Wildman–Crippen MR) is 167 cm³/mol. The molecule has 228 valence electrons. The molecule has 0 N–H and O–H groups in total. The second-order valence-corrected chi connectivity index (χ2v) is 11.4. The van der Waals surface area contributed by atoms with Gasteiger partial charge in [-0.25, -0.2) is 14.6 Å². The molecule has 0 amide bonds. The number of hydrogen-bond donors (Lipinski definition) is 0. The van der Waals surface area contributed by atoms with E-state index in [9.17, 15) is 14.4 Å². The number of furan rings is 1. The number of ether oxygens (including phenoxy) is 4. The SMILES string of the molecule is CCOC(=O)C1=C(C)N=c2s/c(=C/c3ccc(-c4cccc(Br)c4)o3)c(=O)n2[C@@H]1c1ccc(OCC(=O)OC)c(OCC)c1. The third kappa shape index (κ3) is 6.41. The number of carbonyl (C=O) groups excluding carboxylic acids is 2. The lowest BCUT2D eigenvalue weighted by Gasteiger charge is -2.25. The summed E-state index contributed by atoms with van der Waals surface area (Å²) in [6, 6.07) is 15.5. The van der Waals surface area contributed by atoms with Gasteiger partial charge in [-0.05, 0) is 62.7 Å². The fourth-order valence-electron chi connectivity index (χ4n) is 4.74. The molecule has 12 heteroatoms. The van der Waals surface area contributed by atoms with Crippen molar-refractivity contribution in [2.75, 3.05) is 26.9 Å². The van der Waals surface area contributed by atoms with Crippen molar-refractivity contribution >= 4 is 45.3 Å². The summed E-state index contributed by atoms with van der Waals surface area (Å²) in [6.45, 7) is 5.38. The van der Waals surface area contributed by atoms with Gasteiger partial charge < -0.3 is 23.4 Å². The van der Waals surface area contributed by atoms with Crippen LogP contribution >= 0.6 is 27.3 Å². The van der Waals surface area contributed by atoms with Crippen molar-refractivity contribution in [2.24, 2.45) is 4.99 Å². The van der Waals surface area contributed by atoms with Gasteiger partial charge in [-0.1, -0.05) is 45.5 Å². The summed E-state index contributed by atoms with van der Waals surface area (Å²) in [6.07, 6.45) is 1.67. The molecule has 0 unspecified atom stereocenters. The Kier molecular flexibility index (Phi) is 9.50. The third-order valence-electron chi connectivity index (χ3n) is 6.68. The summed E-state index contributed by atoms with van der Waals surface area (Å²) >= 11 is 4.67. The molecule has 44 heavy (non-hydrogen) atoms. The second kappa shape index (κ2) is 13.5. The minimum Gasteiger partial charge on any atom is -0.490 e. The van der Waals surface area contributed by atoms with Crippen LogP contribution in [0.5, 0.6) is 11.5 Å². The van der Waals surface area contributed by atoms with Crippen molar-refractivity contribution in [3.05, 3.63) is 101 Å². The molecule has 3 heterocycles. The molecule has 0 spiro atoms. The Morgan fingerprint density at radius 1 is 1.07 bits per heavy atom. The quantitative estimate of drug-likeness (QED) is 0.220. The van der Waals surface area contributed by atoms with Crippen molar-refractivity contribution in [2.45, 2.75) is 26.8 Å². The first-order valence-electron chi connectivity index (χ1n) is 13.8. The average Bonchev–Trinajstić information content (AvgIpc) is 3.60. The molecule has 1 atom stereocenters. The van der Waals surface area contributed by atoms with Gasteiger partial charge in [0.25, 0.3) is 5.56 Å². The van der Waals surface area contributed by atoms with Crippen LogP contribution in [0.15, 0.2) is 84.5 Å².